The summed E-state index contributed by atoms with van der Waals surface area (Å²) in [5.74, 6) is -0.152. The lowest BCUT2D eigenvalue weighted by atomic mass is 10.00. The SMILES string of the molecule is Cc1cccc(-c2ccc(CCCO)cc2)c1F. The first kappa shape index (κ1) is 12.8. The van der Waals surface area contributed by atoms with Crippen molar-refractivity contribution in [2.75, 3.05) is 6.61 Å². The molecule has 0 aliphatic rings. The minimum absolute atomic E-state index is 0.152. The minimum Gasteiger partial charge on any atom is -0.396 e. The van der Waals surface area contributed by atoms with Crippen molar-refractivity contribution >= 4 is 0 Å². The van der Waals surface area contributed by atoms with E-state index in [9.17, 15) is 4.39 Å². The van der Waals surface area contributed by atoms with E-state index in [0.717, 1.165) is 18.4 Å². The molecule has 0 aliphatic heterocycles. The molecule has 1 nitrogen and oxygen atoms in total. The van der Waals surface area contributed by atoms with Crippen LogP contribution in [0.2, 0.25) is 0 Å². The number of aryl methyl sites for hydroxylation is 2. The van der Waals surface area contributed by atoms with Gasteiger partial charge in [-0.25, -0.2) is 4.39 Å². The Morgan fingerprint density at radius 2 is 1.78 bits per heavy atom. The number of hydrogen-bond donors (Lipinski definition) is 1. The van der Waals surface area contributed by atoms with Crippen LogP contribution < -0.4 is 0 Å². The molecule has 0 bridgehead atoms. The van der Waals surface area contributed by atoms with Crippen molar-refractivity contribution < 1.29 is 9.50 Å². The predicted octanol–water partition coefficient (Wildman–Crippen LogP) is 3.73. The molecule has 2 aromatic rings. The first-order valence-corrected chi connectivity index (χ1v) is 6.17. The molecule has 0 atom stereocenters. The molecule has 0 amide bonds. The average Bonchev–Trinajstić information content (AvgIpc) is 2.40. The fourth-order valence-corrected chi connectivity index (χ4v) is 2.00. The van der Waals surface area contributed by atoms with Gasteiger partial charge in [0.05, 0.1) is 0 Å². The number of hydrogen-bond acceptors (Lipinski definition) is 1. The topological polar surface area (TPSA) is 20.2 Å². The van der Waals surface area contributed by atoms with Crippen LogP contribution in [0.15, 0.2) is 42.5 Å². The zero-order chi connectivity index (χ0) is 13.0. The van der Waals surface area contributed by atoms with Crippen molar-refractivity contribution in [1.29, 1.82) is 0 Å². The molecule has 2 heteroatoms. The summed E-state index contributed by atoms with van der Waals surface area (Å²) in [5.41, 5.74) is 3.37. The van der Waals surface area contributed by atoms with E-state index < -0.39 is 0 Å². The predicted molar refractivity (Wildman–Crippen MR) is 72.0 cm³/mol. The van der Waals surface area contributed by atoms with Crippen LogP contribution in [-0.2, 0) is 6.42 Å². The Hall–Kier alpha value is -1.67. The Balaban J connectivity index is 2.26. The van der Waals surface area contributed by atoms with E-state index in [1.54, 1.807) is 19.1 Å². The van der Waals surface area contributed by atoms with E-state index in [4.69, 9.17) is 5.11 Å². The number of halogens is 1. The van der Waals surface area contributed by atoms with E-state index in [1.165, 1.54) is 5.56 Å². The summed E-state index contributed by atoms with van der Waals surface area (Å²) >= 11 is 0. The lowest BCUT2D eigenvalue weighted by Crippen LogP contribution is -1.91. The Morgan fingerprint density at radius 3 is 2.44 bits per heavy atom. The number of rotatable bonds is 4. The third-order valence-electron chi connectivity index (χ3n) is 3.08. The number of aliphatic hydroxyl groups is 1. The fraction of sp³-hybridized carbons (Fsp3) is 0.250. The van der Waals surface area contributed by atoms with Crippen molar-refractivity contribution in [3.05, 3.63) is 59.4 Å². The summed E-state index contributed by atoms with van der Waals surface area (Å²) < 4.78 is 14.0. The first-order chi connectivity index (χ1) is 8.72. The van der Waals surface area contributed by atoms with Gasteiger partial charge in [0.25, 0.3) is 0 Å². The molecule has 1 N–H and O–H groups in total. The summed E-state index contributed by atoms with van der Waals surface area (Å²) in [6.07, 6.45) is 1.62. The molecule has 94 valence electrons. The monoisotopic (exact) mass is 244 g/mol. The van der Waals surface area contributed by atoms with Crippen LogP contribution in [0.1, 0.15) is 17.5 Å². The van der Waals surface area contributed by atoms with Gasteiger partial charge in [-0.2, -0.15) is 0 Å². The van der Waals surface area contributed by atoms with Gasteiger partial charge < -0.3 is 5.11 Å². The molecule has 0 aliphatic carbocycles. The van der Waals surface area contributed by atoms with Gasteiger partial charge in [0.1, 0.15) is 5.82 Å². The lowest BCUT2D eigenvalue weighted by molar-refractivity contribution is 0.288. The van der Waals surface area contributed by atoms with E-state index in [1.807, 2.05) is 30.3 Å². The summed E-state index contributed by atoms with van der Waals surface area (Å²) in [4.78, 5) is 0. The maximum atomic E-state index is 14.0. The average molecular weight is 244 g/mol. The van der Waals surface area contributed by atoms with E-state index in [2.05, 4.69) is 0 Å². The van der Waals surface area contributed by atoms with Crippen LogP contribution in [0.3, 0.4) is 0 Å². The van der Waals surface area contributed by atoms with Crippen LogP contribution >= 0.6 is 0 Å². The van der Waals surface area contributed by atoms with Gasteiger partial charge in [0.2, 0.25) is 0 Å². The molecule has 0 fully saturated rings. The maximum Gasteiger partial charge on any atom is 0.133 e. The van der Waals surface area contributed by atoms with Gasteiger partial charge in [-0.1, -0.05) is 42.5 Å². The third kappa shape index (κ3) is 2.77. The molecule has 0 heterocycles. The molecule has 0 radical (unpaired) electrons. The van der Waals surface area contributed by atoms with Crippen molar-refractivity contribution in [2.24, 2.45) is 0 Å². The van der Waals surface area contributed by atoms with Crippen LogP contribution in [0.25, 0.3) is 11.1 Å². The Morgan fingerprint density at radius 1 is 1.06 bits per heavy atom. The van der Waals surface area contributed by atoms with Gasteiger partial charge in [-0.3, -0.25) is 0 Å². The summed E-state index contributed by atoms with van der Waals surface area (Å²) in [6.45, 7) is 1.97. The Kier molecular flexibility index (Phi) is 4.11. The largest absolute Gasteiger partial charge is 0.396 e. The zero-order valence-electron chi connectivity index (χ0n) is 10.5. The van der Waals surface area contributed by atoms with Gasteiger partial charge in [-0.15, -0.1) is 0 Å². The molecule has 0 spiro atoms. The van der Waals surface area contributed by atoms with Gasteiger partial charge >= 0.3 is 0 Å². The molecular formula is C16H17FO. The highest BCUT2D eigenvalue weighted by Gasteiger charge is 2.06. The van der Waals surface area contributed by atoms with Gasteiger partial charge in [-0.05, 0) is 36.5 Å². The summed E-state index contributed by atoms with van der Waals surface area (Å²) in [6, 6.07) is 13.3. The molecule has 18 heavy (non-hydrogen) atoms. The third-order valence-corrected chi connectivity index (χ3v) is 3.08. The first-order valence-electron chi connectivity index (χ1n) is 6.17. The van der Waals surface area contributed by atoms with Crippen molar-refractivity contribution in [1.82, 2.24) is 0 Å². The quantitative estimate of drug-likeness (QED) is 0.869. The highest BCUT2D eigenvalue weighted by Crippen LogP contribution is 2.25. The smallest absolute Gasteiger partial charge is 0.133 e. The number of benzene rings is 2. The lowest BCUT2D eigenvalue weighted by Gasteiger charge is -2.07. The molecule has 0 saturated carbocycles. The second kappa shape index (κ2) is 5.78. The van der Waals surface area contributed by atoms with Gasteiger partial charge in [0, 0.05) is 12.2 Å². The molecule has 0 aromatic heterocycles. The van der Waals surface area contributed by atoms with Crippen LogP contribution in [0.5, 0.6) is 0 Å². The van der Waals surface area contributed by atoms with Crippen molar-refractivity contribution in [3.63, 3.8) is 0 Å². The maximum absolute atomic E-state index is 14.0. The van der Waals surface area contributed by atoms with Crippen LogP contribution in [0.4, 0.5) is 4.39 Å². The Bertz CT molecular complexity index is 517. The van der Waals surface area contributed by atoms with E-state index in [0.29, 0.717) is 11.1 Å². The van der Waals surface area contributed by atoms with Crippen LogP contribution in [0, 0.1) is 12.7 Å². The van der Waals surface area contributed by atoms with Crippen molar-refractivity contribution in [3.8, 4) is 11.1 Å². The second-order valence-corrected chi connectivity index (χ2v) is 4.46. The van der Waals surface area contributed by atoms with E-state index in [-0.39, 0.29) is 12.4 Å². The molecule has 0 unspecified atom stereocenters. The summed E-state index contributed by atoms with van der Waals surface area (Å²) in [5, 5.41) is 8.78. The van der Waals surface area contributed by atoms with E-state index >= 15 is 0 Å². The molecule has 2 aromatic carbocycles. The fourth-order valence-electron chi connectivity index (χ4n) is 2.00. The van der Waals surface area contributed by atoms with Crippen LogP contribution in [-0.4, -0.2) is 11.7 Å². The normalized spacial score (nSPS) is 10.6. The molecular weight excluding hydrogens is 227 g/mol. The zero-order valence-corrected chi connectivity index (χ0v) is 10.5. The van der Waals surface area contributed by atoms with Crippen molar-refractivity contribution in [2.45, 2.75) is 19.8 Å². The minimum atomic E-state index is -0.152. The van der Waals surface area contributed by atoms with Gasteiger partial charge in [0.15, 0.2) is 0 Å². The number of aliphatic hydroxyl groups excluding tert-OH is 1. The highest BCUT2D eigenvalue weighted by atomic mass is 19.1. The molecule has 2 rings (SSSR count). The highest BCUT2D eigenvalue weighted by molar-refractivity contribution is 5.65. The summed E-state index contributed by atoms with van der Waals surface area (Å²) in [7, 11) is 0. The molecule has 0 saturated heterocycles. The second-order valence-electron chi connectivity index (χ2n) is 4.46. The Labute approximate surface area is 107 Å². The standard InChI is InChI=1S/C16H17FO/c1-12-4-2-6-15(16(12)17)14-9-7-13(8-10-14)5-3-11-18/h2,4,6-10,18H,3,5,11H2,1H3.